The highest BCUT2D eigenvalue weighted by Crippen LogP contribution is 2.42. The molecule has 2 rings (SSSR count). The summed E-state index contributed by atoms with van der Waals surface area (Å²) >= 11 is 0. The number of hydrogen-bond donors (Lipinski definition) is 1. The molecule has 0 amide bonds. The smallest absolute Gasteiger partial charge is 0.321 e. The highest BCUT2D eigenvalue weighted by Gasteiger charge is 2.35. The van der Waals surface area contributed by atoms with Gasteiger partial charge < -0.3 is 14.6 Å². The predicted octanol–water partition coefficient (Wildman–Crippen LogP) is 2.38. The van der Waals surface area contributed by atoms with Gasteiger partial charge in [0.1, 0.15) is 6.10 Å². The number of nitrogens with zero attached hydrogens (tertiary/aromatic N) is 2. The monoisotopic (exact) mass is 225 g/mol. The molecule has 0 aliphatic heterocycles. The molecule has 0 radical (unpaired) electrons. The van der Waals surface area contributed by atoms with Crippen LogP contribution < -0.4 is 5.32 Å². The van der Waals surface area contributed by atoms with Crippen LogP contribution in [-0.4, -0.2) is 22.8 Å². The van der Waals surface area contributed by atoms with Gasteiger partial charge in [0.25, 0.3) is 0 Å². The second-order valence-corrected chi connectivity index (χ2v) is 5.33. The number of nitrogens with one attached hydrogen (secondary N) is 1. The summed E-state index contributed by atoms with van der Waals surface area (Å²) in [5.41, 5.74) is -0.0774. The molecule has 1 unspecified atom stereocenters. The first-order valence-corrected chi connectivity index (χ1v) is 5.64. The maximum Gasteiger partial charge on any atom is 0.321 e. The van der Waals surface area contributed by atoms with Gasteiger partial charge in [0.15, 0.2) is 0 Å². The number of rotatable bonds is 4. The van der Waals surface area contributed by atoms with Crippen molar-refractivity contribution in [2.24, 2.45) is 5.92 Å². The van der Waals surface area contributed by atoms with E-state index in [-0.39, 0.29) is 11.6 Å². The number of ether oxygens (including phenoxy) is 1. The van der Waals surface area contributed by atoms with E-state index < -0.39 is 0 Å². The van der Waals surface area contributed by atoms with Crippen LogP contribution in [0.3, 0.4) is 0 Å². The molecule has 0 bridgehead atoms. The van der Waals surface area contributed by atoms with E-state index in [2.05, 4.69) is 15.5 Å². The fourth-order valence-corrected chi connectivity index (χ4v) is 1.63. The van der Waals surface area contributed by atoms with Gasteiger partial charge in [-0.25, -0.2) is 0 Å². The zero-order valence-electron chi connectivity index (χ0n) is 10.3. The van der Waals surface area contributed by atoms with E-state index >= 15 is 0 Å². The van der Waals surface area contributed by atoms with E-state index in [4.69, 9.17) is 9.26 Å². The first kappa shape index (κ1) is 11.4. The van der Waals surface area contributed by atoms with Crippen molar-refractivity contribution >= 4 is 6.01 Å². The molecule has 1 saturated carbocycles. The average molecular weight is 225 g/mol. The lowest BCUT2D eigenvalue weighted by molar-refractivity contribution is 0.0751. The Balaban J connectivity index is 2.06. The summed E-state index contributed by atoms with van der Waals surface area (Å²) in [6.45, 7) is 6.14. The zero-order chi connectivity index (χ0) is 11.8. The zero-order valence-corrected chi connectivity index (χ0v) is 10.3. The molecule has 1 N–H and O–H groups in total. The van der Waals surface area contributed by atoms with Gasteiger partial charge in [0, 0.05) is 12.6 Å². The lowest BCUT2D eigenvalue weighted by Gasteiger charge is -2.17. The minimum absolute atomic E-state index is 0.0146. The maximum absolute atomic E-state index is 5.39. The third kappa shape index (κ3) is 2.72. The van der Waals surface area contributed by atoms with E-state index in [1.54, 1.807) is 7.11 Å². The van der Waals surface area contributed by atoms with Gasteiger partial charge in [0.2, 0.25) is 5.82 Å². The SMILES string of the molecule is COC(c1noc(NC(C)(C)C)n1)C1CC1. The Kier molecular flexibility index (Phi) is 2.88. The third-order valence-corrected chi connectivity index (χ3v) is 2.48. The second kappa shape index (κ2) is 4.05. The van der Waals surface area contributed by atoms with E-state index in [1.807, 2.05) is 20.8 Å². The van der Waals surface area contributed by atoms with Crippen LogP contribution in [0.25, 0.3) is 0 Å². The number of aromatic nitrogens is 2. The molecule has 1 aliphatic carbocycles. The van der Waals surface area contributed by atoms with Crippen LogP contribution in [0.15, 0.2) is 4.52 Å². The van der Waals surface area contributed by atoms with E-state index in [1.165, 1.54) is 12.8 Å². The molecule has 1 aromatic heterocycles. The van der Waals surface area contributed by atoms with E-state index in [0.717, 1.165) is 0 Å². The van der Waals surface area contributed by atoms with Crippen molar-refractivity contribution in [2.75, 3.05) is 12.4 Å². The van der Waals surface area contributed by atoms with E-state index in [9.17, 15) is 0 Å². The molecular weight excluding hydrogens is 206 g/mol. The lowest BCUT2D eigenvalue weighted by atomic mass is 10.1. The van der Waals surface area contributed by atoms with Gasteiger partial charge in [0.05, 0.1) is 0 Å². The summed E-state index contributed by atoms with van der Waals surface area (Å²) in [5, 5.41) is 7.10. The summed E-state index contributed by atoms with van der Waals surface area (Å²) in [5.74, 6) is 1.21. The van der Waals surface area contributed by atoms with Crippen molar-refractivity contribution in [1.29, 1.82) is 0 Å². The first-order chi connectivity index (χ1) is 7.49. The maximum atomic E-state index is 5.39. The van der Waals surface area contributed by atoms with Crippen molar-refractivity contribution in [3.63, 3.8) is 0 Å². The lowest BCUT2D eigenvalue weighted by Crippen LogP contribution is -2.26. The molecule has 1 heterocycles. The molecule has 5 nitrogen and oxygen atoms in total. The molecule has 0 aromatic carbocycles. The van der Waals surface area contributed by atoms with Crippen molar-refractivity contribution in [2.45, 2.75) is 45.3 Å². The van der Waals surface area contributed by atoms with Crippen LogP contribution >= 0.6 is 0 Å². The number of methoxy groups -OCH3 is 1. The van der Waals surface area contributed by atoms with Crippen LogP contribution in [0.1, 0.15) is 45.5 Å². The van der Waals surface area contributed by atoms with Gasteiger partial charge in [-0.3, -0.25) is 0 Å². The fourth-order valence-electron chi connectivity index (χ4n) is 1.63. The molecule has 16 heavy (non-hydrogen) atoms. The van der Waals surface area contributed by atoms with Crippen molar-refractivity contribution in [1.82, 2.24) is 10.1 Å². The molecule has 0 saturated heterocycles. The molecule has 5 heteroatoms. The number of anilines is 1. The summed E-state index contributed by atoms with van der Waals surface area (Å²) in [6.07, 6.45) is 2.36. The Morgan fingerprint density at radius 3 is 2.62 bits per heavy atom. The van der Waals surface area contributed by atoms with Gasteiger partial charge in [-0.15, -0.1) is 0 Å². The molecule has 1 aromatic rings. The van der Waals surface area contributed by atoms with Gasteiger partial charge >= 0.3 is 6.01 Å². The van der Waals surface area contributed by atoms with Crippen LogP contribution in [0, 0.1) is 5.92 Å². The highest BCUT2D eigenvalue weighted by atomic mass is 16.5. The van der Waals surface area contributed by atoms with Crippen molar-refractivity contribution in [3.05, 3.63) is 5.82 Å². The Hall–Kier alpha value is -1.10. The summed E-state index contributed by atoms with van der Waals surface area (Å²) < 4.78 is 10.5. The molecule has 0 spiro atoms. The van der Waals surface area contributed by atoms with Crippen molar-refractivity contribution in [3.8, 4) is 0 Å². The quantitative estimate of drug-likeness (QED) is 0.852. The second-order valence-electron chi connectivity index (χ2n) is 5.33. The van der Waals surface area contributed by atoms with Crippen LogP contribution in [0.4, 0.5) is 6.01 Å². The normalized spacial score (nSPS) is 18.5. The standard InChI is InChI=1S/C11H19N3O2/c1-11(2,3)13-10-12-9(14-16-10)8(15-4)7-5-6-7/h7-8H,5-6H2,1-4H3,(H,12,13,14). The highest BCUT2D eigenvalue weighted by molar-refractivity contribution is 5.23. The van der Waals surface area contributed by atoms with Gasteiger partial charge in [-0.05, 0) is 39.5 Å². The van der Waals surface area contributed by atoms with Crippen LogP contribution in [0.5, 0.6) is 0 Å². The minimum atomic E-state index is -0.0774. The Labute approximate surface area is 95.6 Å². The van der Waals surface area contributed by atoms with Crippen LogP contribution in [0.2, 0.25) is 0 Å². The summed E-state index contributed by atoms with van der Waals surface area (Å²) in [7, 11) is 1.69. The third-order valence-electron chi connectivity index (χ3n) is 2.48. The van der Waals surface area contributed by atoms with Gasteiger partial charge in [-0.1, -0.05) is 5.16 Å². The molecule has 1 aliphatic rings. The minimum Gasteiger partial charge on any atom is -0.373 e. The number of hydrogen-bond acceptors (Lipinski definition) is 5. The van der Waals surface area contributed by atoms with E-state index in [0.29, 0.717) is 17.8 Å². The molecular formula is C11H19N3O2. The summed E-state index contributed by atoms with van der Waals surface area (Å²) in [4.78, 5) is 4.31. The molecule has 1 fully saturated rings. The Morgan fingerprint density at radius 2 is 2.12 bits per heavy atom. The largest absolute Gasteiger partial charge is 0.373 e. The Morgan fingerprint density at radius 1 is 1.44 bits per heavy atom. The summed E-state index contributed by atoms with van der Waals surface area (Å²) in [6, 6.07) is 0.463. The van der Waals surface area contributed by atoms with Crippen LogP contribution in [-0.2, 0) is 4.74 Å². The van der Waals surface area contributed by atoms with Gasteiger partial charge in [-0.2, -0.15) is 4.98 Å². The average Bonchev–Trinajstić information content (AvgIpc) is 2.88. The first-order valence-electron chi connectivity index (χ1n) is 5.64. The van der Waals surface area contributed by atoms with Crippen molar-refractivity contribution < 1.29 is 9.26 Å². The molecule has 90 valence electrons. The molecule has 1 atom stereocenters. The topological polar surface area (TPSA) is 60.2 Å². The predicted molar refractivity (Wildman–Crippen MR) is 60.1 cm³/mol. The Bertz CT molecular complexity index is 352. The fraction of sp³-hybridized carbons (Fsp3) is 0.818.